The van der Waals surface area contributed by atoms with Crippen LogP contribution in [-0.4, -0.2) is 49.6 Å². The van der Waals surface area contributed by atoms with Crippen molar-refractivity contribution in [2.24, 2.45) is 5.92 Å². The van der Waals surface area contributed by atoms with Gasteiger partial charge in [0.2, 0.25) is 5.91 Å². The number of carbonyl (C=O) groups excluding carboxylic acids is 3. The molecule has 1 amide bonds. The number of methoxy groups -OCH3 is 2. The van der Waals surface area contributed by atoms with E-state index in [1.807, 2.05) is 78.9 Å². The molecular formula is C31H31NO7. The van der Waals surface area contributed by atoms with Crippen molar-refractivity contribution < 1.29 is 33.3 Å². The lowest BCUT2D eigenvalue weighted by atomic mass is 9.76. The van der Waals surface area contributed by atoms with Gasteiger partial charge in [-0.2, -0.15) is 0 Å². The van der Waals surface area contributed by atoms with E-state index in [0.29, 0.717) is 17.8 Å². The highest BCUT2D eigenvalue weighted by Crippen LogP contribution is 2.44. The molecule has 8 heteroatoms. The molecule has 0 radical (unpaired) electrons. The third kappa shape index (κ3) is 5.95. The average Bonchev–Trinajstić information content (AvgIpc) is 2.97. The van der Waals surface area contributed by atoms with Crippen LogP contribution >= 0.6 is 0 Å². The van der Waals surface area contributed by atoms with E-state index >= 15 is 0 Å². The van der Waals surface area contributed by atoms with Crippen LogP contribution in [0.25, 0.3) is 0 Å². The summed E-state index contributed by atoms with van der Waals surface area (Å²) in [4.78, 5) is 39.6. The van der Waals surface area contributed by atoms with E-state index in [1.54, 1.807) is 26.0 Å². The second-order valence-corrected chi connectivity index (χ2v) is 9.20. The van der Waals surface area contributed by atoms with Crippen LogP contribution in [0.15, 0.2) is 91.0 Å². The highest BCUT2D eigenvalue weighted by atomic mass is 16.7. The predicted molar refractivity (Wildman–Crippen MR) is 144 cm³/mol. The van der Waals surface area contributed by atoms with Crippen molar-refractivity contribution in [3.8, 4) is 11.5 Å². The van der Waals surface area contributed by atoms with Gasteiger partial charge < -0.3 is 23.8 Å². The van der Waals surface area contributed by atoms with Crippen LogP contribution in [0.3, 0.4) is 0 Å². The molecule has 0 bridgehead atoms. The van der Waals surface area contributed by atoms with Gasteiger partial charge in [0.25, 0.3) is 0 Å². The van der Waals surface area contributed by atoms with E-state index in [4.69, 9.17) is 18.9 Å². The highest BCUT2D eigenvalue weighted by Gasteiger charge is 2.55. The summed E-state index contributed by atoms with van der Waals surface area (Å²) >= 11 is 0. The van der Waals surface area contributed by atoms with Gasteiger partial charge in [0, 0.05) is 5.57 Å². The molecule has 0 aromatic heterocycles. The van der Waals surface area contributed by atoms with Crippen LogP contribution in [0, 0.1) is 5.92 Å². The number of benzene rings is 3. The Labute approximate surface area is 227 Å². The van der Waals surface area contributed by atoms with Crippen molar-refractivity contribution in [3.05, 3.63) is 108 Å². The summed E-state index contributed by atoms with van der Waals surface area (Å²) in [7, 11) is 3.16. The van der Waals surface area contributed by atoms with Gasteiger partial charge in [-0.1, -0.05) is 61.2 Å². The SMILES string of the molecule is C=C(C=O)[C@@H]1[C@@H]([C@@H](C)OC(=O)OCc2ccccc2)C(=O)N1C(c1ccc(OC)cc1)c1ccc(OC)cc1. The molecule has 8 nitrogen and oxygen atoms in total. The first kappa shape index (κ1) is 27.4. The van der Waals surface area contributed by atoms with E-state index in [9.17, 15) is 14.4 Å². The van der Waals surface area contributed by atoms with Crippen LogP contribution in [-0.2, 0) is 25.7 Å². The van der Waals surface area contributed by atoms with Crippen molar-refractivity contribution in [2.45, 2.75) is 31.7 Å². The smallest absolute Gasteiger partial charge is 0.497 e. The fourth-order valence-corrected chi connectivity index (χ4v) is 4.82. The maximum atomic E-state index is 13.7. The number of ether oxygens (including phenoxy) is 4. The minimum Gasteiger partial charge on any atom is -0.497 e. The molecule has 3 aromatic rings. The molecule has 3 atom stereocenters. The number of rotatable bonds is 11. The third-order valence-electron chi connectivity index (χ3n) is 6.84. The Morgan fingerprint density at radius 3 is 1.95 bits per heavy atom. The van der Waals surface area contributed by atoms with Gasteiger partial charge in [-0.25, -0.2) is 4.79 Å². The Morgan fingerprint density at radius 2 is 1.46 bits per heavy atom. The number of hydrogen-bond acceptors (Lipinski definition) is 7. The largest absolute Gasteiger partial charge is 0.508 e. The number of β-lactam (4-membered cyclic amide) rings is 1. The molecule has 0 saturated carbocycles. The molecule has 3 aromatic carbocycles. The van der Waals surface area contributed by atoms with Crippen molar-refractivity contribution in [1.29, 1.82) is 0 Å². The van der Waals surface area contributed by atoms with Crippen LogP contribution in [0.1, 0.15) is 29.7 Å². The minimum atomic E-state index is -0.894. The fourth-order valence-electron chi connectivity index (χ4n) is 4.82. The zero-order valence-electron chi connectivity index (χ0n) is 22.1. The standard InChI is InChI=1S/C31H31NO7/c1-20(18-33)28-27(21(2)39-31(35)38-19-22-8-6-5-7-9-22)30(34)32(28)29(23-10-14-25(36-3)15-11-23)24-12-16-26(37-4)17-13-24/h5-18,21,27-29H,1,19H2,2-4H3/t21-,27-,28-/m1/s1. The van der Waals surface area contributed by atoms with Crippen LogP contribution < -0.4 is 9.47 Å². The molecular weight excluding hydrogens is 498 g/mol. The topological polar surface area (TPSA) is 91.4 Å². The van der Waals surface area contributed by atoms with Gasteiger partial charge in [-0.15, -0.1) is 0 Å². The molecule has 0 N–H and O–H groups in total. The van der Waals surface area contributed by atoms with Crippen molar-refractivity contribution in [3.63, 3.8) is 0 Å². The highest BCUT2D eigenvalue weighted by molar-refractivity contribution is 5.92. The van der Waals surface area contributed by atoms with E-state index in [1.165, 1.54) is 0 Å². The third-order valence-corrected chi connectivity index (χ3v) is 6.84. The Bertz CT molecular complexity index is 1260. The summed E-state index contributed by atoms with van der Waals surface area (Å²) in [5.41, 5.74) is 2.64. The number of carbonyl (C=O) groups is 3. The predicted octanol–water partition coefficient (Wildman–Crippen LogP) is 5.12. The van der Waals surface area contributed by atoms with Gasteiger partial charge in [-0.05, 0) is 47.9 Å². The van der Waals surface area contributed by atoms with Gasteiger partial charge in [-0.3, -0.25) is 9.59 Å². The van der Waals surface area contributed by atoms with E-state index < -0.39 is 30.3 Å². The summed E-state index contributed by atoms with van der Waals surface area (Å²) in [6, 6.07) is 22.7. The van der Waals surface area contributed by atoms with E-state index in [2.05, 4.69) is 6.58 Å². The zero-order valence-corrected chi connectivity index (χ0v) is 22.1. The Balaban J connectivity index is 1.59. The normalized spacial score (nSPS) is 17.1. The first-order valence-electron chi connectivity index (χ1n) is 12.5. The van der Waals surface area contributed by atoms with Crippen molar-refractivity contribution in [1.82, 2.24) is 4.90 Å². The van der Waals surface area contributed by atoms with E-state index in [0.717, 1.165) is 16.7 Å². The van der Waals surface area contributed by atoms with Crippen LogP contribution in [0.5, 0.6) is 11.5 Å². The molecule has 1 heterocycles. The second kappa shape index (κ2) is 12.3. The Kier molecular flexibility index (Phi) is 8.66. The number of aldehydes is 1. The lowest BCUT2D eigenvalue weighted by Crippen LogP contribution is -2.66. The summed E-state index contributed by atoms with van der Waals surface area (Å²) in [6.45, 7) is 5.57. The molecule has 1 saturated heterocycles. The zero-order chi connectivity index (χ0) is 27.9. The second-order valence-electron chi connectivity index (χ2n) is 9.20. The molecule has 4 rings (SSSR count). The summed E-state index contributed by atoms with van der Waals surface area (Å²) in [5.74, 6) is 0.267. The lowest BCUT2D eigenvalue weighted by Gasteiger charge is -2.52. The van der Waals surface area contributed by atoms with Gasteiger partial charge in [0.05, 0.1) is 32.2 Å². The van der Waals surface area contributed by atoms with Crippen LogP contribution in [0.2, 0.25) is 0 Å². The van der Waals surface area contributed by atoms with E-state index in [-0.39, 0.29) is 18.1 Å². The van der Waals surface area contributed by atoms with Crippen LogP contribution in [0.4, 0.5) is 4.79 Å². The number of nitrogens with zero attached hydrogens (tertiary/aromatic N) is 1. The maximum Gasteiger partial charge on any atom is 0.508 e. The quantitative estimate of drug-likeness (QED) is 0.147. The molecule has 1 fully saturated rings. The number of likely N-dealkylation sites (tertiary alicyclic amines) is 1. The summed E-state index contributed by atoms with van der Waals surface area (Å²) < 4.78 is 21.3. The molecule has 1 aliphatic rings. The molecule has 39 heavy (non-hydrogen) atoms. The Hall–Kier alpha value is -4.59. The lowest BCUT2D eigenvalue weighted by molar-refractivity contribution is -0.165. The van der Waals surface area contributed by atoms with Gasteiger partial charge in [0.15, 0.2) is 0 Å². The molecule has 1 aliphatic heterocycles. The summed E-state index contributed by atoms with van der Waals surface area (Å²) in [5, 5.41) is 0. The van der Waals surface area contributed by atoms with Crippen molar-refractivity contribution >= 4 is 18.3 Å². The fraction of sp³-hybridized carbons (Fsp3) is 0.258. The first-order chi connectivity index (χ1) is 18.9. The number of amides is 1. The first-order valence-corrected chi connectivity index (χ1v) is 12.5. The maximum absolute atomic E-state index is 13.7. The Morgan fingerprint density at radius 1 is 0.923 bits per heavy atom. The molecule has 202 valence electrons. The molecule has 0 spiro atoms. The molecule has 0 unspecified atom stereocenters. The number of hydrogen-bond donors (Lipinski definition) is 0. The minimum absolute atomic E-state index is 0.0403. The monoisotopic (exact) mass is 529 g/mol. The van der Waals surface area contributed by atoms with Crippen molar-refractivity contribution in [2.75, 3.05) is 14.2 Å². The van der Waals surface area contributed by atoms with Gasteiger partial charge in [0.1, 0.15) is 30.5 Å². The summed E-state index contributed by atoms with van der Waals surface area (Å²) in [6.07, 6.45) is -1.11. The average molecular weight is 530 g/mol. The molecule has 0 aliphatic carbocycles. The van der Waals surface area contributed by atoms with Gasteiger partial charge >= 0.3 is 6.16 Å².